The minimum absolute atomic E-state index is 0.0692. The van der Waals surface area contributed by atoms with E-state index >= 15 is 0 Å². The van der Waals surface area contributed by atoms with Gasteiger partial charge in [-0.1, -0.05) is 22.9 Å². The van der Waals surface area contributed by atoms with E-state index in [2.05, 4.69) is 34.0 Å². The van der Waals surface area contributed by atoms with Crippen LogP contribution < -0.4 is 10.5 Å². The summed E-state index contributed by atoms with van der Waals surface area (Å²) in [6.07, 6.45) is 0.928. The molecule has 0 aliphatic carbocycles. The van der Waals surface area contributed by atoms with E-state index in [-0.39, 0.29) is 6.04 Å². The van der Waals surface area contributed by atoms with Gasteiger partial charge in [-0.25, -0.2) is 0 Å². The van der Waals surface area contributed by atoms with Gasteiger partial charge in [-0.15, -0.1) is 0 Å². The summed E-state index contributed by atoms with van der Waals surface area (Å²) in [6.45, 7) is 4.54. The van der Waals surface area contributed by atoms with Gasteiger partial charge in [0, 0.05) is 23.1 Å². The number of benzene rings is 1. The number of hydrogen-bond acceptors (Lipinski definition) is 3. The van der Waals surface area contributed by atoms with Crippen molar-refractivity contribution in [3.8, 4) is 5.75 Å². The predicted molar refractivity (Wildman–Crippen MR) is 83.7 cm³/mol. The van der Waals surface area contributed by atoms with Crippen LogP contribution in [0.25, 0.3) is 0 Å². The molecule has 5 heteroatoms. The Kier molecular flexibility index (Phi) is 4.83. The van der Waals surface area contributed by atoms with Gasteiger partial charge in [0.25, 0.3) is 0 Å². The first-order valence-corrected chi connectivity index (χ1v) is 7.50. The van der Waals surface area contributed by atoms with Crippen LogP contribution in [0.2, 0.25) is 0 Å². The van der Waals surface area contributed by atoms with Gasteiger partial charge in [-0.2, -0.15) is 5.10 Å². The van der Waals surface area contributed by atoms with E-state index in [1.165, 1.54) is 0 Å². The third-order valence-corrected chi connectivity index (χ3v) is 3.72. The fourth-order valence-corrected chi connectivity index (χ4v) is 2.42. The Balaban J connectivity index is 2.16. The molecule has 108 valence electrons. The molecule has 4 nitrogen and oxygen atoms in total. The van der Waals surface area contributed by atoms with Gasteiger partial charge >= 0.3 is 0 Å². The largest absolute Gasteiger partial charge is 0.487 e. The van der Waals surface area contributed by atoms with E-state index in [1.54, 1.807) is 0 Å². The molecule has 1 atom stereocenters. The van der Waals surface area contributed by atoms with Crippen molar-refractivity contribution in [2.75, 3.05) is 0 Å². The van der Waals surface area contributed by atoms with Crippen molar-refractivity contribution < 1.29 is 4.74 Å². The van der Waals surface area contributed by atoms with Crippen molar-refractivity contribution in [2.24, 2.45) is 12.8 Å². The molecule has 2 aromatic rings. The van der Waals surface area contributed by atoms with E-state index in [4.69, 9.17) is 10.5 Å². The second-order valence-corrected chi connectivity index (χ2v) is 5.78. The molecule has 2 N–H and O–H groups in total. The molecule has 1 heterocycles. The van der Waals surface area contributed by atoms with Gasteiger partial charge in [-0.3, -0.25) is 4.68 Å². The molecular weight excluding hydrogens is 318 g/mol. The minimum Gasteiger partial charge on any atom is -0.487 e. The van der Waals surface area contributed by atoms with Crippen LogP contribution in [-0.2, 0) is 20.1 Å². The van der Waals surface area contributed by atoms with E-state index in [9.17, 15) is 0 Å². The first-order valence-electron chi connectivity index (χ1n) is 6.71. The summed E-state index contributed by atoms with van der Waals surface area (Å²) in [5, 5.41) is 4.42. The molecule has 1 aromatic heterocycles. The van der Waals surface area contributed by atoms with Crippen molar-refractivity contribution in [3.63, 3.8) is 0 Å². The number of nitrogens with two attached hydrogens (primary N) is 1. The zero-order valence-corrected chi connectivity index (χ0v) is 13.6. The Labute approximate surface area is 128 Å². The van der Waals surface area contributed by atoms with Crippen LogP contribution in [-0.4, -0.2) is 9.78 Å². The molecule has 20 heavy (non-hydrogen) atoms. The topological polar surface area (TPSA) is 53.1 Å². The lowest BCUT2D eigenvalue weighted by Crippen LogP contribution is -2.09. The summed E-state index contributed by atoms with van der Waals surface area (Å²) in [5.74, 6) is 0.822. The zero-order chi connectivity index (χ0) is 14.7. The molecule has 0 saturated heterocycles. The Hall–Kier alpha value is -1.33. The number of rotatable bonds is 5. The summed E-state index contributed by atoms with van der Waals surface area (Å²) in [5.41, 5.74) is 9.12. The quantitative estimate of drug-likeness (QED) is 0.910. The molecule has 0 fully saturated rings. The highest BCUT2D eigenvalue weighted by Gasteiger charge is 2.10. The third kappa shape index (κ3) is 3.41. The summed E-state index contributed by atoms with van der Waals surface area (Å²) < 4.78 is 8.79. The van der Waals surface area contributed by atoms with E-state index in [1.807, 2.05) is 36.9 Å². The second-order valence-electron chi connectivity index (χ2n) is 4.86. The SMILES string of the molecule is CCc1cc(COc2ccc(Br)cc2[C@@H](C)N)n(C)n1. The van der Waals surface area contributed by atoms with E-state index in [0.29, 0.717) is 6.61 Å². The third-order valence-electron chi connectivity index (χ3n) is 3.23. The number of aryl methyl sites for hydroxylation is 2. The predicted octanol–water partition coefficient (Wildman–Crippen LogP) is 3.34. The van der Waals surface area contributed by atoms with Gasteiger partial charge in [0.2, 0.25) is 0 Å². The van der Waals surface area contributed by atoms with Crippen molar-refractivity contribution in [1.82, 2.24) is 9.78 Å². The van der Waals surface area contributed by atoms with Crippen LogP contribution in [0.15, 0.2) is 28.7 Å². The van der Waals surface area contributed by atoms with E-state index in [0.717, 1.165) is 33.6 Å². The average Bonchev–Trinajstić information content (AvgIpc) is 2.78. The molecule has 2 rings (SSSR count). The normalized spacial score (nSPS) is 12.4. The summed E-state index contributed by atoms with van der Waals surface area (Å²) in [7, 11) is 1.94. The molecule has 0 spiro atoms. The maximum Gasteiger partial charge on any atom is 0.130 e. The molecular formula is C15H20BrN3O. The van der Waals surface area contributed by atoms with E-state index < -0.39 is 0 Å². The van der Waals surface area contributed by atoms with Crippen molar-refractivity contribution in [2.45, 2.75) is 32.9 Å². The first kappa shape index (κ1) is 15.1. The Morgan fingerprint density at radius 1 is 1.40 bits per heavy atom. The number of ether oxygens (including phenoxy) is 1. The molecule has 0 aliphatic rings. The first-order chi connectivity index (χ1) is 9.51. The smallest absolute Gasteiger partial charge is 0.130 e. The molecule has 0 aliphatic heterocycles. The Morgan fingerprint density at radius 3 is 2.75 bits per heavy atom. The maximum atomic E-state index is 5.99. The molecule has 0 amide bonds. The Morgan fingerprint density at radius 2 is 2.15 bits per heavy atom. The number of hydrogen-bond donors (Lipinski definition) is 1. The number of nitrogens with zero attached hydrogens (tertiary/aromatic N) is 2. The highest BCUT2D eigenvalue weighted by molar-refractivity contribution is 9.10. The average molecular weight is 338 g/mol. The van der Waals surface area contributed by atoms with Crippen LogP contribution in [0.4, 0.5) is 0 Å². The maximum absolute atomic E-state index is 5.99. The summed E-state index contributed by atoms with van der Waals surface area (Å²) >= 11 is 3.46. The van der Waals surface area contributed by atoms with Crippen LogP contribution in [0.1, 0.15) is 36.8 Å². The second kappa shape index (κ2) is 6.41. The van der Waals surface area contributed by atoms with Gasteiger partial charge < -0.3 is 10.5 Å². The molecule has 0 radical (unpaired) electrons. The van der Waals surface area contributed by atoms with Crippen LogP contribution in [0.5, 0.6) is 5.75 Å². The highest BCUT2D eigenvalue weighted by Crippen LogP contribution is 2.28. The minimum atomic E-state index is -0.0692. The monoisotopic (exact) mass is 337 g/mol. The van der Waals surface area contributed by atoms with Crippen molar-refractivity contribution in [1.29, 1.82) is 0 Å². The molecule has 0 unspecified atom stereocenters. The lowest BCUT2D eigenvalue weighted by atomic mass is 10.1. The lowest BCUT2D eigenvalue weighted by molar-refractivity contribution is 0.290. The van der Waals surface area contributed by atoms with Crippen LogP contribution in [0, 0.1) is 0 Å². The van der Waals surface area contributed by atoms with Gasteiger partial charge in [-0.05, 0) is 37.6 Å². The van der Waals surface area contributed by atoms with Gasteiger partial charge in [0.1, 0.15) is 12.4 Å². The molecule has 0 saturated carbocycles. The number of halogens is 1. The molecule has 0 bridgehead atoms. The highest BCUT2D eigenvalue weighted by atomic mass is 79.9. The zero-order valence-electron chi connectivity index (χ0n) is 12.1. The fraction of sp³-hybridized carbons (Fsp3) is 0.400. The lowest BCUT2D eigenvalue weighted by Gasteiger charge is -2.14. The van der Waals surface area contributed by atoms with Crippen molar-refractivity contribution >= 4 is 15.9 Å². The van der Waals surface area contributed by atoms with Crippen LogP contribution >= 0.6 is 15.9 Å². The Bertz CT molecular complexity index is 593. The van der Waals surface area contributed by atoms with Crippen molar-refractivity contribution in [3.05, 3.63) is 45.7 Å². The standard InChI is InChI=1S/C15H20BrN3O/c1-4-12-8-13(19(3)18-12)9-20-15-6-5-11(16)7-14(15)10(2)17/h5-8,10H,4,9,17H2,1-3H3/t10-/m1/s1. The fourth-order valence-electron chi connectivity index (χ4n) is 2.04. The van der Waals surface area contributed by atoms with Crippen LogP contribution in [0.3, 0.4) is 0 Å². The number of aromatic nitrogens is 2. The summed E-state index contributed by atoms with van der Waals surface area (Å²) in [4.78, 5) is 0. The summed E-state index contributed by atoms with van der Waals surface area (Å²) in [6, 6.07) is 7.91. The molecule has 1 aromatic carbocycles. The van der Waals surface area contributed by atoms with Gasteiger partial charge in [0.15, 0.2) is 0 Å². The van der Waals surface area contributed by atoms with Gasteiger partial charge in [0.05, 0.1) is 11.4 Å².